The Morgan fingerprint density at radius 2 is 1.71 bits per heavy atom. The number of benzene rings is 3. The van der Waals surface area contributed by atoms with E-state index in [9.17, 15) is 13.2 Å². The molecule has 184 valence electrons. The highest BCUT2D eigenvalue weighted by atomic mass is 35.5. The second kappa shape index (κ2) is 11.4. The maximum absolute atomic E-state index is 13.6. The van der Waals surface area contributed by atoms with Crippen LogP contribution in [0, 0.1) is 6.92 Å². The van der Waals surface area contributed by atoms with Crippen LogP contribution in [0.15, 0.2) is 70.7 Å². The zero-order chi connectivity index (χ0) is 25.6. The average molecular weight is 536 g/mol. The number of nitrogens with zero attached hydrogens (tertiary/aromatic N) is 2. The maximum atomic E-state index is 13.6. The van der Waals surface area contributed by atoms with Crippen molar-refractivity contribution in [2.24, 2.45) is 5.10 Å². The molecule has 3 aromatic rings. The molecule has 0 spiro atoms. The standard InChI is InChI=1S/C24H23Cl2N3O5S/c1-16-4-8-19(9-5-16)35(31,32)29(22-13-18(33-2)7-11-23(22)34-3)15-24(30)28-27-14-17-6-10-20(25)21(26)12-17/h4-14H,15H2,1-3H3,(H,28,30)/b27-14-. The molecule has 0 saturated carbocycles. The number of aryl methyl sites for hydroxylation is 1. The molecule has 0 aliphatic carbocycles. The summed E-state index contributed by atoms with van der Waals surface area (Å²) in [4.78, 5) is 12.8. The second-order valence-electron chi connectivity index (χ2n) is 7.33. The second-order valence-corrected chi connectivity index (χ2v) is 10.0. The Labute approximate surface area is 214 Å². The quantitative estimate of drug-likeness (QED) is 0.317. The van der Waals surface area contributed by atoms with Gasteiger partial charge in [-0.1, -0.05) is 47.0 Å². The Hall–Kier alpha value is -3.27. The summed E-state index contributed by atoms with van der Waals surface area (Å²) in [6, 6.07) is 15.8. The van der Waals surface area contributed by atoms with Crippen LogP contribution in [-0.4, -0.2) is 41.3 Å². The molecule has 0 saturated heterocycles. The molecule has 8 nitrogen and oxygen atoms in total. The Morgan fingerprint density at radius 1 is 1.00 bits per heavy atom. The molecule has 0 radical (unpaired) electrons. The largest absolute Gasteiger partial charge is 0.497 e. The van der Waals surface area contributed by atoms with Crippen molar-refractivity contribution in [2.75, 3.05) is 25.1 Å². The summed E-state index contributed by atoms with van der Waals surface area (Å²) in [5.41, 5.74) is 3.96. The molecule has 1 amide bonds. The Kier molecular flexibility index (Phi) is 8.61. The van der Waals surface area contributed by atoms with E-state index in [0.29, 0.717) is 21.4 Å². The summed E-state index contributed by atoms with van der Waals surface area (Å²) in [6.45, 7) is 1.27. The van der Waals surface area contributed by atoms with Gasteiger partial charge in [-0.15, -0.1) is 0 Å². The molecule has 0 aromatic heterocycles. The molecule has 11 heteroatoms. The SMILES string of the molecule is COc1ccc(OC)c(N(CC(=O)N/N=C\c2ccc(Cl)c(Cl)c2)S(=O)(=O)c2ccc(C)cc2)c1. The van der Waals surface area contributed by atoms with Crippen LogP contribution in [0.4, 0.5) is 5.69 Å². The van der Waals surface area contributed by atoms with Crippen molar-refractivity contribution in [1.29, 1.82) is 0 Å². The highest BCUT2D eigenvalue weighted by Gasteiger charge is 2.30. The maximum Gasteiger partial charge on any atom is 0.264 e. The molecular formula is C24H23Cl2N3O5S. The fourth-order valence-corrected chi connectivity index (χ4v) is 4.80. The summed E-state index contributed by atoms with van der Waals surface area (Å²) in [5.74, 6) is -0.0431. The topological polar surface area (TPSA) is 97.3 Å². The number of ether oxygens (including phenoxy) is 2. The molecule has 0 atom stereocenters. The lowest BCUT2D eigenvalue weighted by Gasteiger charge is -2.25. The Bertz CT molecular complexity index is 1350. The van der Waals surface area contributed by atoms with Crippen LogP contribution in [0.5, 0.6) is 11.5 Å². The Balaban J connectivity index is 1.94. The minimum absolute atomic E-state index is 0.0140. The molecule has 1 N–H and O–H groups in total. The van der Waals surface area contributed by atoms with Gasteiger partial charge in [0.1, 0.15) is 18.0 Å². The third-order valence-electron chi connectivity index (χ3n) is 4.90. The highest BCUT2D eigenvalue weighted by molar-refractivity contribution is 7.92. The molecule has 0 aliphatic rings. The lowest BCUT2D eigenvalue weighted by atomic mass is 10.2. The van der Waals surface area contributed by atoms with Crippen molar-refractivity contribution in [2.45, 2.75) is 11.8 Å². The van der Waals surface area contributed by atoms with E-state index in [1.54, 1.807) is 42.5 Å². The van der Waals surface area contributed by atoms with Crippen LogP contribution in [0.3, 0.4) is 0 Å². The monoisotopic (exact) mass is 535 g/mol. The van der Waals surface area contributed by atoms with Gasteiger partial charge in [0, 0.05) is 6.07 Å². The van der Waals surface area contributed by atoms with Crippen molar-refractivity contribution in [3.05, 3.63) is 81.8 Å². The summed E-state index contributed by atoms with van der Waals surface area (Å²) < 4.78 is 38.8. The molecule has 0 unspecified atom stereocenters. The summed E-state index contributed by atoms with van der Waals surface area (Å²) in [6.07, 6.45) is 1.37. The number of hydrogen-bond acceptors (Lipinski definition) is 6. The number of methoxy groups -OCH3 is 2. The minimum atomic E-state index is -4.16. The van der Waals surface area contributed by atoms with E-state index in [4.69, 9.17) is 32.7 Å². The van der Waals surface area contributed by atoms with Gasteiger partial charge >= 0.3 is 0 Å². The summed E-state index contributed by atoms with van der Waals surface area (Å²) in [5, 5.41) is 4.62. The molecule has 0 fully saturated rings. The zero-order valence-corrected chi connectivity index (χ0v) is 21.5. The van der Waals surface area contributed by atoms with Crippen LogP contribution in [0.2, 0.25) is 10.0 Å². The number of hydrogen-bond donors (Lipinski definition) is 1. The number of carbonyl (C=O) groups is 1. The fourth-order valence-electron chi connectivity index (χ4n) is 3.07. The predicted molar refractivity (Wildman–Crippen MR) is 137 cm³/mol. The van der Waals surface area contributed by atoms with Gasteiger partial charge in [0.05, 0.1) is 41.1 Å². The van der Waals surface area contributed by atoms with Gasteiger partial charge < -0.3 is 9.47 Å². The van der Waals surface area contributed by atoms with Crippen LogP contribution in [0.1, 0.15) is 11.1 Å². The van der Waals surface area contributed by atoms with E-state index in [2.05, 4.69) is 10.5 Å². The molecule has 35 heavy (non-hydrogen) atoms. The van der Waals surface area contributed by atoms with E-state index in [-0.39, 0.29) is 16.3 Å². The van der Waals surface area contributed by atoms with Crippen molar-refractivity contribution in [1.82, 2.24) is 5.43 Å². The van der Waals surface area contributed by atoms with Crippen molar-refractivity contribution >= 4 is 51.0 Å². The van der Waals surface area contributed by atoms with Crippen LogP contribution >= 0.6 is 23.2 Å². The normalized spacial score (nSPS) is 11.3. The highest BCUT2D eigenvalue weighted by Crippen LogP contribution is 2.35. The van der Waals surface area contributed by atoms with Crippen molar-refractivity contribution in [3.8, 4) is 11.5 Å². The molecule has 0 heterocycles. The van der Waals surface area contributed by atoms with Crippen molar-refractivity contribution < 1.29 is 22.7 Å². The van der Waals surface area contributed by atoms with Gasteiger partial charge in [-0.3, -0.25) is 9.10 Å². The number of anilines is 1. The minimum Gasteiger partial charge on any atom is -0.497 e. The first-order valence-electron chi connectivity index (χ1n) is 10.2. The van der Waals surface area contributed by atoms with E-state index >= 15 is 0 Å². The molecule has 0 aliphatic heterocycles. The summed E-state index contributed by atoms with van der Waals surface area (Å²) >= 11 is 11.9. The number of carbonyl (C=O) groups excluding carboxylic acids is 1. The number of sulfonamides is 1. The molecule has 0 bridgehead atoms. The van der Waals surface area contributed by atoms with E-state index in [1.165, 1.54) is 38.6 Å². The van der Waals surface area contributed by atoms with Gasteiger partial charge in [0.25, 0.3) is 15.9 Å². The Morgan fingerprint density at radius 3 is 2.34 bits per heavy atom. The third-order valence-corrected chi connectivity index (χ3v) is 7.41. The van der Waals surface area contributed by atoms with Crippen LogP contribution in [0.25, 0.3) is 0 Å². The first kappa shape index (κ1) is 26.3. The van der Waals surface area contributed by atoms with E-state index in [0.717, 1.165) is 9.87 Å². The number of nitrogens with one attached hydrogen (secondary N) is 1. The predicted octanol–water partition coefficient (Wildman–Crippen LogP) is 4.66. The zero-order valence-electron chi connectivity index (χ0n) is 19.2. The van der Waals surface area contributed by atoms with Crippen LogP contribution in [-0.2, 0) is 14.8 Å². The molecule has 3 aromatic carbocycles. The van der Waals surface area contributed by atoms with E-state index < -0.39 is 22.5 Å². The van der Waals surface area contributed by atoms with Gasteiger partial charge in [-0.2, -0.15) is 5.10 Å². The van der Waals surface area contributed by atoms with Gasteiger partial charge in [0.15, 0.2) is 0 Å². The van der Waals surface area contributed by atoms with Gasteiger partial charge in [0.2, 0.25) is 0 Å². The molecular weight excluding hydrogens is 513 g/mol. The average Bonchev–Trinajstić information content (AvgIpc) is 2.84. The third kappa shape index (κ3) is 6.45. The smallest absolute Gasteiger partial charge is 0.264 e. The van der Waals surface area contributed by atoms with Gasteiger partial charge in [-0.25, -0.2) is 13.8 Å². The first-order valence-corrected chi connectivity index (χ1v) is 12.4. The van der Waals surface area contributed by atoms with Gasteiger partial charge in [-0.05, 0) is 48.9 Å². The van der Waals surface area contributed by atoms with E-state index in [1.807, 2.05) is 6.92 Å². The number of amides is 1. The number of hydrazone groups is 1. The lowest BCUT2D eigenvalue weighted by molar-refractivity contribution is -0.119. The van der Waals surface area contributed by atoms with Crippen LogP contribution < -0.4 is 19.2 Å². The summed E-state index contributed by atoms with van der Waals surface area (Å²) in [7, 11) is -1.30. The van der Waals surface area contributed by atoms with Crippen molar-refractivity contribution in [3.63, 3.8) is 0 Å². The number of rotatable bonds is 9. The molecule has 3 rings (SSSR count). The lowest BCUT2D eigenvalue weighted by Crippen LogP contribution is -2.39. The fraction of sp³-hybridized carbons (Fsp3) is 0.167. The first-order chi connectivity index (χ1) is 16.6. The number of halogens is 2.